The van der Waals surface area contributed by atoms with Gasteiger partial charge in [-0.05, 0) is 80.1 Å². The van der Waals surface area contributed by atoms with Crippen molar-refractivity contribution in [2.75, 3.05) is 23.4 Å². The molecule has 0 spiro atoms. The van der Waals surface area contributed by atoms with Crippen molar-refractivity contribution < 1.29 is 23.5 Å². The molecule has 1 aliphatic rings. The molecule has 0 unspecified atom stereocenters. The average molecular weight is 446 g/mol. The quantitative estimate of drug-likeness (QED) is 0.492. The molecule has 3 aromatic rings. The monoisotopic (exact) mass is 446 g/mol. The van der Waals surface area contributed by atoms with Crippen LogP contribution in [0.3, 0.4) is 0 Å². The van der Waals surface area contributed by atoms with Crippen LogP contribution < -0.4 is 19.7 Å². The summed E-state index contributed by atoms with van der Waals surface area (Å²) >= 11 is 0. The molecule has 0 bridgehead atoms. The Morgan fingerprint density at radius 2 is 1.30 bits per heavy atom. The maximum absolute atomic E-state index is 13.5. The zero-order chi connectivity index (χ0) is 23.4. The van der Waals surface area contributed by atoms with Crippen molar-refractivity contribution >= 4 is 28.8 Å². The van der Waals surface area contributed by atoms with Crippen molar-refractivity contribution in [1.82, 2.24) is 0 Å². The van der Waals surface area contributed by atoms with E-state index in [1.807, 2.05) is 13.8 Å². The van der Waals surface area contributed by atoms with Crippen LogP contribution >= 0.6 is 0 Å². The van der Waals surface area contributed by atoms with E-state index >= 15 is 0 Å². The average Bonchev–Trinajstić information content (AvgIpc) is 3.06. The topological polar surface area (TPSA) is 67.9 Å². The van der Waals surface area contributed by atoms with Gasteiger partial charge in [0, 0.05) is 5.69 Å². The van der Waals surface area contributed by atoms with Crippen molar-refractivity contribution in [2.45, 2.75) is 13.8 Å². The lowest BCUT2D eigenvalue weighted by molar-refractivity contribution is -0.120. The summed E-state index contributed by atoms with van der Waals surface area (Å²) in [5.74, 6) is -0.0949. The Morgan fingerprint density at radius 1 is 0.758 bits per heavy atom. The number of carbonyl (C=O) groups is 2. The minimum absolute atomic E-state index is 0.115. The number of amides is 2. The highest BCUT2D eigenvalue weighted by molar-refractivity contribution is 6.46. The summed E-state index contributed by atoms with van der Waals surface area (Å²) in [5.41, 5.74) is 1.75. The van der Waals surface area contributed by atoms with Crippen molar-refractivity contribution in [3.05, 3.63) is 89.9 Å². The van der Waals surface area contributed by atoms with E-state index in [9.17, 15) is 14.0 Å². The zero-order valence-electron chi connectivity index (χ0n) is 18.3. The Morgan fingerprint density at radius 3 is 1.85 bits per heavy atom. The molecule has 1 N–H and O–H groups in total. The first kappa shape index (κ1) is 22.1. The van der Waals surface area contributed by atoms with Crippen molar-refractivity contribution in [1.29, 1.82) is 0 Å². The zero-order valence-corrected chi connectivity index (χ0v) is 18.3. The molecule has 168 valence electrons. The van der Waals surface area contributed by atoms with Crippen molar-refractivity contribution in [3.63, 3.8) is 0 Å². The first-order valence-electron chi connectivity index (χ1n) is 10.6. The largest absolute Gasteiger partial charge is 0.494 e. The predicted octanol–water partition coefficient (Wildman–Crippen LogP) is 5.02. The van der Waals surface area contributed by atoms with Crippen LogP contribution in [0.1, 0.15) is 19.4 Å². The van der Waals surface area contributed by atoms with Gasteiger partial charge >= 0.3 is 0 Å². The number of imide groups is 1. The molecule has 7 heteroatoms. The van der Waals surface area contributed by atoms with Crippen LogP contribution in [0, 0.1) is 5.82 Å². The van der Waals surface area contributed by atoms with Gasteiger partial charge in [0.05, 0.1) is 24.5 Å². The molecule has 1 aliphatic heterocycles. The van der Waals surface area contributed by atoms with E-state index in [-0.39, 0.29) is 11.3 Å². The molecule has 0 aromatic heterocycles. The van der Waals surface area contributed by atoms with Gasteiger partial charge in [-0.15, -0.1) is 0 Å². The van der Waals surface area contributed by atoms with Gasteiger partial charge in [0.15, 0.2) is 0 Å². The van der Waals surface area contributed by atoms with Crippen LogP contribution in [0.4, 0.5) is 15.8 Å². The molecule has 0 saturated carbocycles. The summed E-state index contributed by atoms with van der Waals surface area (Å²) in [5, 5.41) is 3.08. The van der Waals surface area contributed by atoms with Crippen LogP contribution in [0.25, 0.3) is 5.57 Å². The summed E-state index contributed by atoms with van der Waals surface area (Å²) < 4.78 is 24.4. The molecule has 0 atom stereocenters. The minimum atomic E-state index is -0.502. The fraction of sp³-hybridized carbons (Fsp3) is 0.154. The first-order valence-corrected chi connectivity index (χ1v) is 10.6. The fourth-order valence-electron chi connectivity index (χ4n) is 3.57. The van der Waals surface area contributed by atoms with Gasteiger partial charge < -0.3 is 14.8 Å². The Balaban J connectivity index is 1.72. The van der Waals surface area contributed by atoms with Gasteiger partial charge in [-0.2, -0.15) is 0 Å². The second kappa shape index (κ2) is 9.56. The number of hydrogen-bond acceptors (Lipinski definition) is 5. The van der Waals surface area contributed by atoms with E-state index in [4.69, 9.17) is 9.47 Å². The fourth-order valence-corrected chi connectivity index (χ4v) is 3.57. The number of benzene rings is 3. The molecule has 4 rings (SSSR count). The summed E-state index contributed by atoms with van der Waals surface area (Å²) in [7, 11) is 0. The van der Waals surface area contributed by atoms with Crippen LogP contribution in [0.15, 0.2) is 78.5 Å². The number of carbonyl (C=O) groups excluding carboxylic acids is 2. The third-order valence-corrected chi connectivity index (χ3v) is 5.06. The molecule has 2 amide bonds. The van der Waals surface area contributed by atoms with Crippen LogP contribution in [-0.4, -0.2) is 25.0 Å². The van der Waals surface area contributed by atoms with Gasteiger partial charge in [-0.1, -0.05) is 12.1 Å². The lowest BCUT2D eigenvalue weighted by Gasteiger charge is -2.16. The van der Waals surface area contributed by atoms with Gasteiger partial charge in [0.25, 0.3) is 11.8 Å². The lowest BCUT2D eigenvalue weighted by atomic mass is 10.0. The molecule has 0 radical (unpaired) electrons. The molecule has 1 heterocycles. The SMILES string of the molecule is CCOc1ccc(NC2=C(c3ccc(F)cc3)C(=O)N(c3ccc(OCC)cc3)C2=O)cc1. The normalized spacial score (nSPS) is 13.5. The second-order valence-electron chi connectivity index (χ2n) is 7.21. The Hall–Kier alpha value is -4.13. The highest BCUT2D eigenvalue weighted by Gasteiger charge is 2.40. The molecule has 0 aliphatic carbocycles. The number of nitrogens with zero attached hydrogens (tertiary/aromatic N) is 1. The second-order valence-corrected chi connectivity index (χ2v) is 7.21. The van der Waals surface area contributed by atoms with Gasteiger partial charge in [0.2, 0.25) is 0 Å². The highest BCUT2D eigenvalue weighted by atomic mass is 19.1. The van der Waals surface area contributed by atoms with E-state index in [0.29, 0.717) is 41.7 Å². The maximum atomic E-state index is 13.5. The Kier molecular flexibility index (Phi) is 6.40. The number of anilines is 2. The number of hydrogen-bond donors (Lipinski definition) is 1. The molecule has 0 fully saturated rings. The predicted molar refractivity (Wildman–Crippen MR) is 125 cm³/mol. The van der Waals surface area contributed by atoms with Crippen LogP contribution in [0.5, 0.6) is 11.5 Å². The third kappa shape index (κ3) is 4.57. The van der Waals surface area contributed by atoms with Gasteiger partial charge in [-0.25, -0.2) is 9.29 Å². The highest BCUT2D eigenvalue weighted by Crippen LogP contribution is 2.34. The molecular weight excluding hydrogens is 423 g/mol. The van der Waals surface area contributed by atoms with E-state index in [1.165, 1.54) is 24.3 Å². The van der Waals surface area contributed by atoms with E-state index in [0.717, 1.165) is 4.90 Å². The smallest absolute Gasteiger partial charge is 0.282 e. The Labute approximate surface area is 191 Å². The summed E-state index contributed by atoms with van der Waals surface area (Å²) in [6.45, 7) is 4.81. The maximum Gasteiger partial charge on any atom is 0.282 e. The van der Waals surface area contributed by atoms with Crippen LogP contribution in [-0.2, 0) is 9.59 Å². The van der Waals surface area contributed by atoms with E-state index in [2.05, 4.69) is 5.32 Å². The standard InChI is InChI=1S/C26H23FN2O4/c1-3-32-21-13-9-19(10-14-21)28-24-23(17-5-7-18(27)8-6-17)25(30)29(26(24)31)20-11-15-22(16-12-20)33-4-2/h5-16,28H,3-4H2,1-2H3. The molecule has 6 nitrogen and oxygen atoms in total. The molecular formula is C26H23FN2O4. The number of rotatable bonds is 8. The molecule has 0 saturated heterocycles. The lowest BCUT2D eigenvalue weighted by Crippen LogP contribution is -2.32. The number of nitrogens with one attached hydrogen (secondary N) is 1. The van der Waals surface area contributed by atoms with Crippen LogP contribution in [0.2, 0.25) is 0 Å². The molecule has 33 heavy (non-hydrogen) atoms. The molecule has 3 aromatic carbocycles. The minimum Gasteiger partial charge on any atom is -0.494 e. The van der Waals surface area contributed by atoms with E-state index < -0.39 is 17.6 Å². The summed E-state index contributed by atoms with van der Waals surface area (Å²) in [6.07, 6.45) is 0. The van der Waals surface area contributed by atoms with Gasteiger partial charge in [-0.3, -0.25) is 9.59 Å². The van der Waals surface area contributed by atoms with E-state index in [1.54, 1.807) is 48.5 Å². The van der Waals surface area contributed by atoms with Gasteiger partial charge in [0.1, 0.15) is 23.0 Å². The van der Waals surface area contributed by atoms with Crippen molar-refractivity contribution in [3.8, 4) is 11.5 Å². The number of halogens is 1. The Bertz CT molecular complexity index is 1190. The third-order valence-electron chi connectivity index (χ3n) is 5.06. The summed E-state index contributed by atoms with van der Waals surface area (Å²) in [6, 6.07) is 19.3. The first-order chi connectivity index (χ1) is 16.0. The number of ether oxygens (including phenoxy) is 2. The summed E-state index contributed by atoms with van der Waals surface area (Å²) in [4.78, 5) is 27.9. The van der Waals surface area contributed by atoms with Crippen molar-refractivity contribution in [2.24, 2.45) is 0 Å².